The van der Waals surface area contributed by atoms with Crippen molar-refractivity contribution in [2.75, 3.05) is 17.6 Å². The Bertz CT molecular complexity index is 1010. The molecule has 0 radical (unpaired) electrons. The zero-order valence-electron chi connectivity index (χ0n) is 16.1. The van der Waals surface area contributed by atoms with Crippen molar-refractivity contribution in [2.24, 2.45) is 0 Å². The molecule has 0 atom stereocenters. The minimum Gasteiger partial charge on any atom is -0.480 e. The molecule has 1 aliphatic carbocycles. The third kappa shape index (κ3) is 5.58. The van der Waals surface area contributed by atoms with Gasteiger partial charge in [-0.05, 0) is 61.6 Å². The van der Waals surface area contributed by atoms with Crippen molar-refractivity contribution < 1.29 is 19.5 Å². The molecule has 0 unspecified atom stereocenters. The second kappa shape index (κ2) is 9.89. The van der Waals surface area contributed by atoms with Gasteiger partial charge in [-0.2, -0.15) is 5.26 Å². The fraction of sp³-hybridized carbons (Fsp3) is 0.286. The molecule has 2 amide bonds. The van der Waals surface area contributed by atoms with E-state index < -0.39 is 18.4 Å². The average Bonchev–Trinajstić information content (AvgIpc) is 2.75. The van der Waals surface area contributed by atoms with Gasteiger partial charge in [0, 0.05) is 16.9 Å². The van der Waals surface area contributed by atoms with Crippen molar-refractivity contribution in [2.45, 2.75) is 30.7 Å². The van der Waals surface area contributed by atoms with Crippen LogP contribution in [0.2, 0.25) is 0 Å². The number of thioether (sulfide) groups is 1. The highest BCUT2D eigenvalue weighted by Crippen LogP contribution is 2.27. The highest BCUT2D eigenvalue weighted by atomic mass is 32.2. The normalized spacial score (nSPS) is 12.4. The lowest BCUT2D eigenvalue weighted by molar-refractivity contribution is -0.135. The first-order chi connectivity index (χ1) is 14.5. The summed E-state index contributed by atoms with van der Waals surface area (Å²) in [5, 5.41) is 23.5. The molecule has 0 bridgehead atoms. The van der Waals surface area contributed by atoms with E-state index in [0.717, 1.165) is 36.9 Å². The monoisotopic (exact) mass is 424 g/mol. The van der Waals surface area contributed by atoms with Crippen molar-refractivity contribution in [3.8, 4) is 6.07 Å². The largest absolute Gasteiger partial charge is 0.480 e. The summed E-state index contributed by atoms with van der Waals surface area (Å²) in [5.74, 6) is -1.79. The Morgan fingerprint density at radius 2 is 1.90 bits per heavy atom. The topological polar surface area (TPSA) is 132 Å². The van der Waals surface area contributed by atoms with Crippen LogP contribution in [0.3, 0.4) is 0 Å². The Balaban J connectivity index is 1.57. The van der Waals surface area contributed by atoms with Gasteiger partial charge < -0.3 is 15.7 Å². The molecule has 30 heavy (non-hydrogen) atoms. The van der Waals surface area contributed by atoms with Gasteiger partial charge in [-0.15, -0.1) is 0 Å². The van der Waals surface area contributed by atoms with E-state index >= 15 is 0 Å². The lowest BCUT2D eigenvalue weighted by Crippen LogP contribution is -2.29. The number of anilines is 1. The van der Waals surface area contributed by atoms with Crippen LogP contribution < -0.4 is 10.6 Å². The number of nitriles is 1. The van der Waals surface area contributed by atoms with E-state index in [0.29, 0.717) is 21.8 Å². The third-order valence-corrected chi connectivity index (χ3v) is 5.55. The number of fused-ring (bicyclic) bond motifs is 1. The maximum Gasteiger partial charge on any atom is 0.322 e. The first-order valence-corrected chi connectivity index (χ1v) is 10.4. The number of nitrogens with one attached hydrogen (secondary N) is 2. The van der Waals surface area contributed by atoms with Gasteiger partial charge in [-0.1, -0.05) is 11.8 Å². The molecule has 0 spiro atoms. The van der Waals surface area contributed by atoms with Crippen LogP contribution in [0.5, 0.6) is 0 Å². The molecule has 9 heteroatoms. The number of carboxylic acids is 1. The van der Waals surface area contributed by atoms with Gasteiger partial charge in [-0.25, -0.2) is 4.98 Å². The summed E-state index contributed by atoms with van der Waals surface area (Å²) >= 11 is 1.22. The van der Waals surface area contributed by atoms with Gasteiger partial charge in [0.1, 0.15) is 17.6 Å². The van der Waals surface area contributed by atoms with Crippen molar-refractivity contribution in [1.82, 2.24) is 10.3 Å². The van der Waals surface area contributed by atoms with E-state index in [1.807, 2.05) is 6.07 Å². The summed E-state index contributed by atoms with van der Waals surface area (Å²) < 4.78 is 0. The second-order valence-corrected chi connectivity index (χ2v) is 7.72. The average molecular weight is 424 g/mol. The number of carbonyl (C=O) groups is 3. The van der Waals surface area contributed by atoms with Crippen molar-refractivity contribution in [1.29, 1.82) is 5.26 Å². The number of nitrogens with zero attached hydrogens (tertiary/aromatic N) is 2. The van der Waals surface area contributed by atoms with Crippen LogP contribution in [-0.2, 0) is 22.4 Å². The van der Waals surface area contributed by atoms with Crippen molar-refractivity contribution in [3.63, 3.8) is 0 Å². The van der Waals surface area contributed by atoms with Gasteiger partial charge in [0.05, 0.1) is 11.3 Å². The van der Waals surface area contributed by atoms with Gasteiger partial charge in [0.15, 0.2) is 0 Å². The maximum atomic E-state index is 12.3. The van der Waals surface area contributed by atoms with E-state index in [9.17, 15) is 19.6 Å². The number of carbonyl (C=O) groups excluding carboxylic acids is 2. The van der Waals surface area contributed by atoms with Crippen LogP contribution in [0.15, 0.2) is 35.4 Å². The fourth-order valence-corrected chi connectivity index (χ4v) is 3.87. The summed E-state index contributed by atoms with van der Waals surface area (Å²) in [6.45, 7) is -0.462. The smallest absolute Gasteiger partial charge is 0.322 e. The minimum absolute atomic E-state index is 0.0985. The minimum atomic E-state index is -1.13. The summed E-state index contributed by atoms with van der Waals surface area (Å²) in [7, 11) is 0. The van der Waals surface area contributed by atoms with Crippen molar-refractivity contribution >= 4 is 35.2 Å². The van der Waals surface area contributed by atoms with Crippen LogP contribution in [-0.4, -0.2) is 40.2 Å². The number of carboxylic acid groups (broad SMARTS) is 1. The lowest BCUT2D eigenvalue weighted by atomic mass is 9.95. The molecular formula is C21H20N4O4S. The summed E-state index contributed by atoms with van der Waals surface area (Å²) in [6.07, 6.45) is 4.02. The van der Waals surface area contributed by atoms with Crippen LogP contribution in [0.1, 0.15) is 40.0 Å². The molecule has 1 aromatic carbocycles. The number of amides is 2. The molecule has 2 aromatic rings. The van der Waals surface area contributed by atoms with Gasteiger partial charge >= 0.3 is 5.97 Å². The van der Waals surface area contributed by atoms with E-state index in [-0.39, 0.29) is 11.7 Å². The predicted molar refractivity (Wildman–Crippen MR) is 111 cm³/mol. The fourth-order valence-electron chi connectivity index (χ4n) is 3.10. The molecule has 0 fully saturated rings. The SMILES string of the molecule is N#Cc1cc2c(nc1SCC(=O)Nc1ccc(C(=O)NCC(=O)O)cc1)CCCC2. The maximum absolute atomic E-state index is 12.3. The van der Waals surface area contributed by atoms with Crippen LogP contribution in [0.25, 0.3) is 0 Å². The summed E-state index contributed by atoms with van der Waals surface area (Å²) in [6, 6.07) is 10.2. The Kier molecular flexibility index (Phi) is 7.03. The van der Waals surface area contributed by atoms with Gasteiger partial charge in [-0.3, -0.25) is 14.4 Å². The number of aromatic nitrogens is 1. The number of aliphatic carboxylic acids is 1. The lowest BCUT2D eigenvalue weighted by Gasteiger charge is -2.16. The molecule has 0 saturated heterocycles. The molecular weight excluding hydrogens is 404 g/mol. The molecule has 0 saturated carbocycles. The number of hydrogen-bond donors (Lipinski definition) is 3. The molecule has 154 valence electrons. The Hall–Kier alpha value is -3.38. The molecule has 3 rings (SSSR count). The predicted octanol–water partition coefficient (Wildman–Crippen LogP) is 2.38. The Morgan fingerprint density at radius 3 is 2.60 bits per heavy atom. The first kappa shape index (κ1) is 21.3. The first-order valence-electron chi connectivity index (χ1n) is 9.42. The number of pyridine rings is 1. The van der Waals surface area contributed by atoms with Gasteiger partial charge in [0.25, 0.3) is 5.91 Å². The third-order valence-electron chi connectivity index (χ3n) is 4.56. The molecule has 1 aliphatic rings. The standard InChI is InChI=1S/C21H20N4O4S/c22-10-15-9-14-3-1-2-4-17(14)25-21(15)30-12-18(26)24-16-7-5-13(6-8-16)20(29)23-11-19(27)28/h5-9H,1-4,11-12H2,(H,23,29)(H,24,26)(H,27,28). The molecule has 1 heterocycles. The molecule has 1 aromatic heterocycles. The Morgan fingerprint density at radius 1 is 1.17 bits per heavy atom. The highest BCUT2D eigenvalue weighted by Gasteiger charge is 2.16. The number of aryl methyl sites for hydroxylation is 2. The van der Waals surface area contributed by atoms with Crippen LogP contribution >= 0.6 is 11.8 Å². The highest BCUT2D eigenvalue weighted by molar-refractivity contribution is 8.00. The van der Waals surface area contributed by atoms with E-state index in [4.69, 9.17) is 5.11 Å². The van der Waals surface area contributed by atoms with E-state index in [1.165, 1.54) is 23.9 Å². The zero-order valence-corrected chi connectivity index (χ0v) is 16.9. The quantitative estimate of drug-likeness (QED) is 0.581. The van der Waals surface area contributed by atoms with E-state index in [2.05, 4.69) is 21.7 Å². The summed E-state index contributed by atoms with van der Waals surface area (Å²) in [4.78, 5) is 39.2. The molecule has 3 N–H and O–H groups in total. The zero-order chi connectivity index (χ0) is 21.5. The number of benzene rings is 1. The molecule has 0 aliphatic heterocycles. The van der Waals surface area contributed by atoms with Crippen molar-refractivity contribution in [3.05, 3.63) is 52.7 Å². The number of hydrogen-bond acceptors (Lipinski definition) is 6. The van der Waals surface area contributed by atoms with Crippen LogP contribution in [0, 0.1) is 11.3 Å². The summed E-state index contributed by atoms with van der Waals surface area (Å²) in [5.41, 5.74) is 3.43. The second-order valence-electron chi connectivity index (χ2n) is 6.76. The Labute approximate surface area is 177 Å². The number of rotatable bonds is 7. The van der Waals surface area contributed by atoms with Crippen LogP contribution in [0.4, 0.5) is 5.69 Å². The van der Waals surface area contributed by atoms with E-state index in [1.54, 1.807) is 12.1 Å². The van der Waals surface area contributed by atoms with Gasteiger partial charge in [0.2, 0.25) is 5.91 Å². The molecule has 8 nitrogen and oxygen atoms in total.